The van der Waals surface area contributed by atoms with Crippen molar-refractivity contribution in [3.8, 4) is 11.3 Å². The SMILES string of the molecule is Cc1cncc(-c2cc(C(=O)Nc3ccc4cccnc4n3)n(SF)n2)c1. The average Bonchev–Trinajstić information content (AvgIpc) is 3.12. The van der Waals surface area contributed by atoms with Crippen LogP contribution in [-0.2, 0) is 0 Å². The van der Waals surface area contributed by atoms with E-state index in [4.69, 9.17) is 0 Å². The Bertz CT molecular complexity index is 1150. The fraction of sp³-hybridized carbons (Fsp3) is 0.0556. The van der Waals surface area contributed by atoms with Crippen LogP contribution in [0.1, 0.15) is 16.1 Å². The number of fused-ring (bicyclic) bond motifs is 1. The average molecular weight is 380 g/mol. The molecule has 1 amide bonds. The molecular formula is C18H13FN6OS. The van der Waals surface area contributed by atoms with Crippen molar-refractivity contribution in [1.82, 2.24) is 24.1 Å². The van der Waals surface area contributed by atoms with Gasteiger partial charge in [0.2, 0.25) is 0 Å². The zero-order chi connectivity index (χ0) is 18.8. The quantitative estimate of drug-likeness (QED) is 0.579. The number of hydrogen-bond acceptors (Lipinski definition) is 6. The second kappa shape index (κ2) is 7.12. The molecular weight excluding hydrogens is 367 g/mol. The van der Waals surface area contributed by atoms with Crippen molar-refractivity contribution in [1.29, 1.82) is 0 Å². The van der Waals surface area contributed by atoms with E-state index in [9.17, 15) is 8.68 Å². The maximum Gasteiger partial charge on any atom is 0.276 e. The number of nitrogens with zero attached hydrogens (tertiary/aromatic N) is 5. The Morgan fingerprint density at radius 3 is 2.93 bits per heavy atom. The number of amides is 1. The third-order valence-corrected chi connectivity index (χ3v) is 4.26. The molecule has 0 radical (unpaired) electrons. The maximum absolute atomic E-state index is 13.3. The molecule has 4 aromatic heterocycles. The zero-order valence-corrected chi connectivity index (χ0v) is 14.9. The third kappa shape index (κ3) is 3.49. The number of carbonyl (C=O) groups excluding carboxylic acids is 1. The van der Waals surface area contributed by atoms with E-state index in [0.29, 0.717) is 22.7 Å². The molecule has 0 atom stereocenters. The Labute approximate surface area is 158 Å². The molecule has 0 aliphatic heterocycles. The molecule has 0 aliphatic rings. The summed E-state index contributed by atoms with van der Waals surface area (Å²) in [7, 11) is 0. The van der Waals surface area contributed by atoms with Gasteiger partial charge in [0.05, 0.1) is 5.69 Å². The molecule has 0 spiro atoms. The monoisotopic (exact) mass is 380 g/mol. The molecule has 0 aromatic carbocycles. The van der Waals surface area contributed by atoms with E-state index in [1.807, 2.05) is 19.1 Å². The van der Waals surface area contributed by atoms with Gasteiger partial charge in [-0.15, -0.1) is 3.89 Å². The highest BCUT2D eigenvalue weighted by molar-refractivity contribution is 7.92. The summed E-state index contributed by atoms with van der Waals surface area (Å²) < 4.78 is 14.2. The molecule has 0 aliphatic carbocycles. The minimum atomic E-state index is -0.526. The molecule has 4 rings (SSSR count). The van der Waals surface area contributed by atoms with Crippen LogP contribution in [0, 0.1) is 6.92 Å². The summed E-state index contributed by atoms with van der Waals surface area (Å²) >= 11 is -0.152. The molecule has 4 aromatic rings. The van der Waals surface area contributed by atoms with Crippen molar-refractivity contribution in [2.75, 3.05) is 5.32 Å². The fourth-order valence-corrected chi connectivity index (χ4v) is 2.94. The molecule has 0 saturated carbocycles. The lowest BCUT2D eigenvalue weighted by Gasteiger charge is -2.05. The van der Waals surface area contributed by atoms with Crippen LogP contribution in [0.15, 0.2) is 55.0 Å². The van der Waals surface area contributed by atoms with Crippen LogP contribution in [0.2, 0.25) is 0 Å². The molecule has 4 heterocycles. The first-order valence-corrected chi connectivity index (χ1v) is 8.66. The molecule has 7 nitrogen and oxygen atoms in total. The zero-order valence-electron chi connectivity index (χ0n) is 14.1. The predicted octanol–water partition coefficient (Wildman–Crippen LogP) is 3.83. The van der Waals surface area contributed by atoms with Gasteiger partial charge in [-0.25, -0.2) is 9.97 Å². The first-order chi connectivity index (χ1) is 13.1. The normalized spacial score (nSPS) is 10.9. The highest BCUT2D eigenvalue weighted by atomic mass is 32.2. The van der Waals surface area contributed by atoms with Crippen LogP contribution in [0.5, 0.6) is 0 Å². The Morgan fingerprint density at radius 2 is 2.11 bits per heavy atom. The minimum absolute atomic E-state index is 0.0573. The number of anilines is 1. The Hall–Kier alpha value is -3.33. The minimum Gasteiger partial charge on any atom is -0.305 e. The predicted molar refractivity (Wildman–Crippen MR) is 102 cm³/mol. The number of rotatable bonds is 4. The van der Waals surface area contributed by atoms with E-state index in [1.54, 1.807) is 36.8 Å². The van der Waals surface area contributed by atoms with E-state index < -0.39 is 5.91 Å². The summed E-state index contributed by atoms with van der Waals surface area (Å²) in [5.74, 6) is -0.205. The van der Waals surface area contributed by atoms with E-state index in [2.05, 4.69) is 25.4 Å². The smallest absolute Gasteiger partial charge is 0.276 e. The van der Waals surface area contributed by atoms with Gasteiger partial charge in [-0.05, 0) is 48.9 Å². The van der Waals surface area contributed by atoms with Gasteiger partial charge in [0.25, 0.3) is 5.91 Å². The summed E-state index contributed by atoms with van der Waals surface area (Å²) in [4.78, 5) is 25.2. The van der Waals surface area contributed by atoms with Crippen LogP contribution in [0.3, 0.4) is 0 Å². The van der Waals surface area contributed by atoms with Crippen molar-refractivity contribution >= 4 is 35.1 Å². The molecule has 0 unspecified atom stereocenters. The second-order valence-corrected chi connectivity index (χ2v) is 6.29. The van der Waals surface area contributed by atoms with Gasteiger partial charge < -0.3 is 5.32 Å². The maximum atomic E-state index is 13.3. The lowest BCUT2D eigenvalue weighted by atomic mass is 10.1. The second-order valence-electron chi connectivity index (χ2n) is 5.81. The number of aromatic nitrogens is 5. The summed E-state index contributed by atoms with van der Waals surface area (Å²) in [6, 6.07) is 10.5. The van der Waals surface area contributed by atoms with Crippen molar-refractivity contribution in [2.45, 2.75) is 6.92 Å². The van der Waals surface area contributed by atoms with E-state index in [0.717, 1.165) is 15.0 Å². The summed E-state index contributed by atoms with van der Waals surface area (Å²) in [5.41, 5.74) is 2.66. The number of hydrogen-bond donors (Lipinski definition) is 1. The van der Waals surface area contributed by atoms with E-state index >= 15 is 0 Å². The molecule has 9 heteroatoms. The van der Waals surface area contributed by atoms with Gasteiger partial charge in [-0.1, -0.05) is 0 Å². The van der Waals surface area contributed by atoms with Crippen LogP contribution < -0.4 is 5.32 Å². The third-order valence-electron chi connectivity index (χ3n) is 3.85. The van der Waals surface area contributed by atoms with Crippen LogP contribution in [0.4, 0.5) is 9.70 Å². The van der Waals surface area contributed by atoms with Crippen molar-refractivity contribution in [3.05, 3.63) is 66.2 Å². The van der Waals surface area contributed by atoms with Crippen LogP contribution >= 0.6 is 12.3 Å². The molecule has 27 heavy (non-hydrogen) atoms. The van der Waals surface area contributed by atoms with Gasteiger partial charge in [0, 0.05) is 29.5 Å². The van der Waals surface area contributed by atoms with Crippen molar-refractivity contribution in [2.24, 2.45) is 0 Å². The largest absolute Gasteiger partial charge is 0.305 e. The molecule has 1 N–H and O–H groups in total. The van der Waals surface area contributed by atoms with Gasteiger partial charge >= 0.3 is 0 Å². The number of halogens is 1. The van der Waals surface area contributed by atoms with Crippen molar-refractivity contribution in [3.63, 3.8) is 0 Å². The summed E-state index contributed by atoms with van der Waals surface area (Å²) in [6.07, 6.45) is 4.94. The van der Waals surface area contributed by atoms with Crippen LogP contribution in [-0.4, -0.2) is 30.0 Å². The Morgan fingerprint density at radius 1 is 1.22 bits per heavy atom. The Kier molecular flexibility index (Phi) is 4.51. The van der Waals surface area contributed by atoms with Gasteiger partial charge in [-0.2, -0.15) is 9.19 Å². The van der Waals surface area contributed by atoms with Gasteiger partial charge in [0.1, 0.15) is 11.5 Å². The number of aryl methyl sites for hydroxylation is 1. The highest BCUT2D eigenvalue weighted by Crippen LogP contribution is 2.23. The number of pyridine rings is 3. The first kappa shape index (κ1) is 17.1. The summed E-state index contributed by atoms with van der Waals surface area (Å²) in [6.45, 7) is 1.89. The van der Waals surface area contributed by atoms with Crippen molar-refractivity contribution < 1.29 is 8.68 Å². The molecule has 0 fully saturated rings. The van der Waals surface area contributed by atoms with Gasteiger partial charge in [-0.3, -0.25) is 9.78 Å². The van der Waals surface area contributed by atoms with E-state index in [1.165, 1.54) is 6.07 Å². The lowest BCUT2D eigenvalue weighted by Crippen LogP contribution is -2.16. The highest BCUT2D eigenvalue weighted by Gasteiger charge is 2.18. The van der Waals surface area contributed by atoms with Crippen LogP contribution in [0.25, 0.3) is 22.3 Å². The molecule has 0 bridgehead atoms. The molecule has 0 saturated heterocycles. The fourth-order valence-electron chi connectivity index (χ4n) is 2.61. The number of carbonyl (C=O) groups is 1. The lowest BCUT2D eigenvalue weighted by molar-refractivity contribution is 0.102. The molecule has 134 valence electrons. The number of nitrogens with one attached hydrogen (secondary N) is 1. The topological polar surface area (TPSA) is 85.6 Å². The first-order valence-electron chi connectivity index (χ1n) is 7.98. The summed E-state index contributed by atoms with van der Waals surface area (Å²) in [5, 5.41) is 7.63. The van der Waals surface area contributed by atoms with Gasteiger partial charge in [0.15, 0.2) is 18.0 Å². The standard InChI is InChI=1S/C18H13FN6OS/c1-11-7-13(10-20-9-11)14-8-15(25(24-14)27-19)18(26)23-16-5-4-12-3-2-6-21-17(12)22-16/h2-10H,1H3,(H,21,22,23,26). The Balaban J connectivity index is 1.64. The van der Waals surface area contributed by atoms with E-state index in [-0.39, 0.29) is 18.0 Å².